The third-order valence-corrected chi connectivity index (χ3v) is 8.47. The molecule has 41 heavy (non-hydrogen) atoms. The van der Waals surface area contributed by atoms with Gasteiger partial charge in [0.2, 0.25) is 5.91 Å². The molecule has 0 aliphatic carbocycles. The molecule has 1 amide bonds. The Bertz CT molecular complexity index is 1270. The molecule has 218 valence electrons. The number of ether oxygens (including phenoxy) is 2. The van der Waals surface area contributed by atoms with E-state index in [2.05, 4.69) is 65.7 Å². The molecule has 3 aromatic rings. The molecule has 2 fully saturated rings. The number of amides is 1. The molecule has 2 N–H and O–H groups in total. The number of hydrogen-bond acceptors (Lipinski definition) is 5. The van der Waals surface area contributed by atoms with E-state index in [4.69, 9.17) is 9.47 Å². The molecule has 6 nitrogen and oxygen atoms in total. The zero-order valence-corrected chi connectivity index (χ0v) is 24.4. The number of benzene rings is 3. The zero-order valence-electron chi connectivity index (χ0n) is 24.4. The van der Waals surface area contributed by atoms with Crippen LogP contribution in [0.1, 0.15) is 80.6 Å². The molecular weight excluding hydrogens is 512 g/mol. The molecule has 4 atom stereocenters. The molecule has 0 aromatic heterocycles. The first kappa shape index (κ1) is 29.5. The van der Waals surface area contributed by atoms with Crippen molar-refractivity contribution in [3.8, 4) is 11.1 Å². The smallest absolute Gasteiger partial charge is 0.217 e. The minimum Gasteiger partial charge on any atom is -0.392 e. The van der Waals surface area contributed by atoms with Gasteiger partial charge in [-0.25, -0.2) is 0 Å². The van der Waals surface area contributed by atoms with Crippen LogP contribution in [0.15, 0.2) is 72.8 Å². The van der Waals surface area contributed by atoms with Crippen molar-refractivity contribution in [2.45, 2.75) is 77.6 Å². The minimum atomic E-state index is -0.490. The predicted octanol–water partition coefficient (Wildman–Crippen LogP) is 6.54. The average Bonchev–Trinajstić information content (AvgIpc) is 2.98. The minimum absolute atomic E-state index is 0.0281. The highest BCUT2D eigenvalue weighted by atomic mass is 16.7. The van der Waals surface area contributed by atoms with Gasteiger partial charge in [0.1, 0.15) is 0 Å². The van der Waals surface area contributed by atoms with Crippen LogP contribution in [0.25, 0.3) is 11.1 Å². The normalized spacial score (nSPS) is 23.9. The van der Waals surface area contributed by atoms with Crippen LogP contribution in [0.2, 0.25) is 0 Å². The second-order valence-electron chi connectivity index (χ2n) is 11.6. The van der Waals surface area contributed by atoms with Gasteiger partial charge in [0.25, 0.3) is 0 Å². The predicted molar refractivity (Wildman–Crippen MR) is 162 cm³/mol. The standard InChI is InChI=1S/C35H44N2O4/c1-25-33(23-37-18-6-4-3-5-7-19-37)40-35(41-34(25)29-16-14-27(24-38)15-17-29)32-13-9-12-31(21-32)30-11-8-10-28(20-30)22-36-26(2)39/h8-17,20-21,25,33-35,38H,3-7,18-19,22-24H2,1-2H3,(H,36,39)/t25-,33+,34+,35+/m1/s1. The van der Waals surface area contributed by atoms with E-state index in [1.54, 1.807) is 0 Å². The van der Waals surface area contributed by atoms with Crippen LogP contribution < -0.4 is 5.32 Å². The van der Waals surface area contributed by atoms with Crippen molar-refractivity contribution in [1.82, 2.24) is 10.2 Å². The van der Waals surface area contributed by atoms with Crippen LogP contribution in [-0.2, 0) is 27.4 Å². The van der Waals surface area contributed by atoms with Crippen molar-refractivity contribution < 1.29 is 19.4 Å². The van der Waals surface area contributed by atoms with Gasteiger partial charge in [0.05, 0.1) is 18.8 Å². The maximum atomic E-state index is 11.4. The monoisotopic (exact) mass is 556 g/mol. The summed E-state index contributed by atoms with van der Waals surface area (Å²) in [5.74, 6) is 0.134. The van der Waals surface area contributed by atoms with Gasteiger partial charge < -0.3 is 24.8 Å². The average molecular weight is 557 g/mol. The topological polar surface area (TPSA) is 71.0 Å². The maximum Gasteiger partial charge on any atom is 0.217 e. The van der Waals surface area contributed by atoms with Gasteiger partial charge in [0.15, 0.2) is 6.29 Å². The van der Waals surface area contributed by atoms with Gasteiger partial charge in [-0.15, -0.1) is 0 Å². The fraction of sp³-hybridized carbons (Fsp3) is 0.457. The first-order valence-corrected chi connectivity index (χ1v) is 15.2. The molecule has 0 saturated carbocycles. The number of aliphatic hydroxyl groups excluding tert-OH is 1. The number of hydrogen-bond donors (Lipinski definition) is 2. The van der Waals surface area contributed by atoms with E-state index in [1.165, 1.54) is 39.0 Å². The highest BCUT2D eigenvalue weighted by molar-refractivity contribution is 5.73. The number of likely N-dealkylation sites (tertiary alicyclic amines) is 1. The lowest BCUT2D eigenvalue weighted by atomic mass is 9.89. The second kappa shape index (κ2) is 14.2. The van der Waals surface area contributed by atoms with Crippen molar-refractivity contribution in [2.24, 2.45) is 5.92 Å². The first-order chi connectivity index (χ1) is 20.0. The van der Waals surface area contributed by atoms with E-state index in [1.807, 2.05) is 24.3 Å². The number of nitrogens with zero attached hydrogens (tertiary/aromatic N) is 1. The molecule has 6 heteroatoms. The van der Waals surface area contributed by atoms with Gasteiger partial charge >= 0.3 is 0 Å². The molecular formula is C35H44N2O4. The Labute approximate surface area is 244 Å². The van der Waals surface area contributed by atoms with Crippen molar-refractivity contribution in [2.75, 3.05) is 19.6 Å². The van der Waals surface area contributed by atoms with E-state index in [0.29, 0.717) is 6.54 Å². The number of nitrogens with one attached hydrogen (secondary N) is 1. The Morgan fingerprint density at radius 3 is 2.24 bits per heavy atom. The molecule has 0 bridgehead atoms. The third-order valence-electron chi connectivity index (χ3n) is 8.47. The number of carbonyl (C=O) groups is 1. The van der Waals surface area contributed by atoms with Gasteiger partial charge in [0, 0.05) is 31.5 Å². The van der Waals surface area contributed by atoms with Crippen LogP contribution in [0, 0.1) is 5.92 Å². The Morgan fingerprint density at radius 2 is 1.54 bits per heavy atom. The summed E-state index contributed by atoms with van der Waals surface area (Å²) < 4.78 is 13.5. The summed E-state index contributed by atoms with van der Waals surface area (Å²) in [7, 11) is 0. The highest BCUT2D eigenvalue weighted by Crippen LogP contribution is 2.42. The first-order valence-electron chi connectivity index (χ1n) is 15.2. The Balaban J connectivity index is 1.41. The van der Waals surface area contributed by atoms with E-state index in [-0.39, 0.29) is 30.6 Å². The summed E-state index contributed by atoms with van der Waals surface area (Å²) in [6.45, 7) is 7.46. The van der Waals surface area contributed by atoms with Gasteiger partial charge in [-0.2, -0.15) is 0 Å². The quantitative estimate of drug-likeness (QED) is 0.330. The fourth-order valence-corrected chi connectivity index (χ4v) is 6.03. The Kier molecular flexibility index (Phi) is 10.2. The van der Waals surface area contributed by atoms with Gasteiger partial charge in [-0.05, 0) is 65.9 Å². The summed E-state index contributed by atoms with van der Waals surface area (Å²) in [4.78, 5) is 14.0. The van der Waals surface area contributed by atoms with Crippen LogP contribution >= 0.6 is 0 Å². The van der Waals surface area contributed by atoms with Crippen molar-refractivity contribution in [1.29, 1.82) is 0 Å². The lowest BCUT2D eigenvalue weighted by Crippen LogP contribution is -2.45. The summed E-state index contributed by atoms with van der Waals surface area (Å²) in [6, 6.07) is 24.8. The molecule has 0 spiro atoms. The summed E-state index contributed by atoms with van der Waals surface area (Å²) in [5.41, 5.74) is 6.24. The van der Waals surface area contributed by atoms with Crippen LogP contribution in [-0.4, -0.2) is 41.7 Å². The molecule has 5 rings (SSSR count). The number of rotatable bonds is 8. The highest BCUT2D eigenvalue weighted by Gasteiger charge is 2.39. The largest absolute Gasteiger partial charge is 0.392 e. The van der Waals surface area contributed by atoms with Gasteiger partial charge in [-0.3, -0.25) is 4.79 Å². The lowest BCUT2D eigenvalue weighted by molar-refractivity contribution is -0.276. The Morgan fingerprint density at radius 1 is 0.854 bits per heavy atom. The molecule has 2 aliphatic heterocycles. The summed E-state index contributed by atoms with van der Waals surface area (Å²) >= 11 is 0. The van der Waals surface area contributed by atoms with Crippen LogP contribution in [0.5, 0.6) is 0 Å². The van der Waals surface area contributed by atoms with E-state index in [0.717, 1.165) is 53.0 Å². The third kappa shape index (κ3) is 7.83. The van der Waals surface area contributed by atoms with Gasteiger partial charge in [-0.1, -0.05) is 86.8 Å². The molecule has 2 heterocycles. The molecule has 3 aromatic carbocycles. The number of aliphatic hydroxyl groups is 1. The van der Waals surface area contributed by atoms with Crippen molar-refractivity contribution in [3.63, 3.8) is 0 Å². The Hall–Kier alpha value is -3.03. The summed E-state index contributed by atoms with van der Waals surface area (Å²) in [6.07, 6.45) is 5.87. The molecule has 0 unspecified atom stereocenters. The van der Waals surface area contributed by atoms with E-state index < -0.39 is 6.29 Å². The van der Waals surface area contributed by atoms with Crippen molar-refractivity contribution in [3.05, 3.63) is 95.1 Å². The van der Waals surface area contributed by atoms with E-state index >= 15 is 0 Å². The van der Waals surface area contributed by atoms with Crippen molar-refractivity contribution >= 4 is 5.91 Å². The second-order valence-corrected chi connectivity index (χ2v) is 11.6. The lowest BCUT2D eigenvalue weighted by Gasteiger charge is -2.43. The molecule has 2 aliphatic rings. The summed E-state index contributed by atoms with van der Waals surface area (Å²) in [5, 5.41) is 12.4. The SMILES string of the molecule is CC(=O)NCc1cccc(-c2cccc([C@H]3O[C@@H](CN4CCCCCCC4)[C@@H](C)[C@@H](c4ccc(CO)cc4)O3)c2)c1. The van der Waals surface area contributed by atoms with E-state index in [9.17, 15) is 9.90 Å². The maximum absolute atomic E-state index is 11.4. The fourth-order valence-electron chi connectivity index (χ4n) is 6.03. The van der Waals surface area contributed by atoms with Crippen LogP contribution in [0.4, 0.5) is 0 Å². The van der Waals surface area contributed by atoms with Crippen LogP contribution in [0.3, 0.4) is 0 Å². The molecule has 0 radical (unpaired) electrons. The number of carbonyl (C=O) groups excluding carboxylic acids is 1. The zero-order chi connectivity index (χ0) is 28.6. The molecule has 2 saturated heterocycles.